The number of carbonyl (C=O) groups excluding carboxylic acids is 2. The van der Waals surface area contributed by atoms with Crippen LogP contribution in [-0.2, 0) is 21.9 Å². The SMILES string of the molecule is CC(C)(C)[Si](OCc1cccn(-c2ccc(N3C[C@H](CNC(=O)c4ccc(Cl)s4)OC3=O)cc2C(F)(F)F)c1=O)(c1ccccc1)c1ccccc1. The highest BCUT2D eigenvalue weighted by Gasteiger charge is 2.50. The fourth-order valence-electron chi connectivity index (χ4n) is 6.48. The summed E-state index contributed by atoms with van der Waals surface area (Å²) in [7, 11) is -3.06. The summed E-state index contributed by atoms with van der Waals surface area (Å²) in [5.74, 6) is -0.417. The zero-order chi connectivity index (χ0) is 37.3. The number of pyridine rings is 1. The lowest BCUT2D eigenvalue weighted by Crippen LogP contribution is -2.66. The Kier molecular flexibility index (Phi) is 10.5. The Labute approximate surface area is 308 Å². The molecule has 270 valence electrons. The molecule has 1 aliphatic heterocycles. The van der Waals surface area contributed by atoms with E-state index in [9.17, 15) is 27.6 Å². The predicted molar refractivity (Wildman–Crippen MR) is 199 cm³/mol. The highest BCUT2D eigenvalue weighted by Crippen LogP contribution is 2.38. The number of cyclic esters (lactones) is 1. The topological polar surface area (TPSA) is 89.9 Å². The van der Waals surface area contributed by atoms with E-state index in [1.807, 2.05) is 60.7 Å². The molecule has 1 aliphatic rings. The number of amides is 2. The predicted octanol–water partition coefficient (Wildman–Crippen LogP) is 7.40. The van der Waals surface area contributed by atoms with Crippen molar-refractivity contribution in [3.05, 3.63) is 140 Å². The molecule has 0 unspecified atom stereocenters. The van der Waals surface area contributed by atoms with Crippen LogP contribution in [0.1, 0.15) is 41.6 Å². The molecule has 6 rings (SSSR count). The molecule has 14 heteroatoms. The minimum Gasteiger partial charge on any atom is -0.442 e. The molecule has 0 bridgehead atoms. The number of ether oxygens (including phenoxy) is 1. The van der Waals surface area contributed by atoms with Crippen LogP contribution in [0.4, 0.5) is 23.7 Å². The maximum absolute atomic E-state index is 14.7. The molecule has 8 nitrogen and oxygen atoms in total. The summed E-state index contributed by atoms with van der Waals surface area (Å²) in [5, 5.41) is 4.26. The molecule has 2 amide bonds. The summed E-state index contributed by atoms with van der Waals surface area (Å²) in [4.78, 5) is 40.6. The van der Waals surface area contributed by atoms with Gasteiger partial charge in [-0.15, -0.1) is 11.3 Å². The molecule has 0 spiro atoms. The van der Waals surface area contributed by atoms with Gasteiger partial charge in [-0.2, -0.15) is 13.2 Å². The minimum absolute atomic E-state index is 0.0566. The standard InChI is InChI=1S/C38H35ClF3N3O5SSi/c1-37(2,3)52(28-12-6-4-7-13-28,29-14-8-5-9-15-29)49-24-25-11-10-20-44(35(25)47)31-17-16-26(21-30(31)38(40,41)42)45-23-27(50-36(45)48)22-43-34(46)32-18-19-33(39)51-32/h4-21,27H,22-24H2,1-3H3,(H,43,46)/t27-/m0/s1. The molecule has 1 fully saturated rings. The third-order valence-electron chi connectivity index (χ3n) is 8.91. The average molecular weight is 766 g/mol. The van der Waals surface area contributed by atoms with E-state index in [4.69, 9.17) is 20.8 Å². The normalized spacial score (nSPS) is 15.1. The summed E-state index contributed by atoms with van der Waals surface area (Å²) >= 11 is 6.98. The van der Waals surface area contributed by atoms with Crippen LogP contribution < -0.4 is 26.1 Å². The fourth-order valence-corrected chi connectivity index (χ4v) is 12.0. The lowest BCUT2D eigenvalue weighted by Gasteiger charge is -2.43. The Hall–Kier alpha value is -4.69. The number of hydrogen-bond acceptors (Lipinski definition) is 6. The molecule has 1 atom stereocenters. The molecule has 0 radical (unpaired) electrons. The summed E-state index contributed by atoms with van der Waals surface area (Å²) < 4.78 is 57.6. The van der Waals surface area contributed by atoms with Crippen LogP contribution in [0.15, 0.2) is 114 Å². The molecule has 52 heavy (non-hydrogen) atoms. The molecule has 0 saturated carbocycles. The van der Waals surface area contributed by atoms with Crippen LogP contribution in [0.5, 0.6) is 0 Å². The van der Waals surface area contributed by atoms with Crippen molar-refractivity contribution in [1.29, 1.82) is 0 Å². The van der Waals surface area contributed by atoms with Gasteiger partial charge in [-0.1, -0.05) is 93.0 Å². The molecule has 0 aliphatic carbocycles. The van der Waals surface area contributed by atoms with Crippen LogP contribution in [0.2, 0.25) is 9.37 Å². The first-order chi connectivity index (χ1) is 24.7. The van der Waals surface area contributed by atoms with E-state index >= 15 is 0 Å². The molecular weight excluding hydrogens is 731 g/mol. The number of rotatable bonds is 10. The van der Waals surface area contributed by atoms with Gasteiger partial charge in [0.15, 0.2) is 0 Å². The van der Waals surface area contributed by atoms with Crippen molar-refractivity contribution in [3.8, 4) is 5.69 Å². The Bertz CT molecular complexity index is 2100. The van der Waals surface area contributed by atoms with Crippen LogP contribution >= 0.6 is 22.9 Å². The lowest BCUT2D eigenvalue weighted by atomic mass is 10.1. The van der Waals surface area contributed by atoms with Gasteiger partial charge in [0.05, 0.1) is 40.2 Å². The van der Waals surface area contributed by atoms with E-state index in [0.29, 0.717) is 9.21 Å². The summed E-state index contributed by atoms with van der Waals surface area (Å²) in [6.45, 7) is 5.99. The molecule has 2 aromatic heterocycles. The van der Waals surface area contributed by atoms with Gasteiger partial charge < -0.3 is 14.5 Å². The summed E-state index contributed by atoms with van der Waals surface area (Å²) in [5.41, 5.74) is -2.07. The first kappa shape index (κ1) is 37.1. The quantitative estimate of drug-likeness (QED) is 0.150. The van der Waals surface area contributed by atoms with Crippen molar-refractivity contribution in [1.82, 2.24) is 9.88 Å². The second-order valence-corrected chi connectivity index (χ2v) is 19.3. The summed E-state index contributed by atoms with van der Waals surface area (Å²) in [6, 6.07) is 29.2. The van der Waals surface area contributed by atoms with Gasteiger partial charge in [0.1, 0.15) is 6.10 Å². The Morgan fingerprint density at radius 3 is 2.17 bits per heavy atom. The molecule has 3 heterocycles. The van der Waals surface area contributed by atoms with Crippen molar-refractivity contribution < 1.29 is 31.9 Å². The number of halogens is 4. The van der Waals surface area contributed by atoms with Crippen molar-refractivity contribution in [2.75, 3.05) is 18.0 Å². The Morgan fingerprint density at radius 1 is 0.942 bits per heavy atom. The van der Waals surface area contributed by atoms with Gasteiger partial charge in [0, 0.05) is 17.4 Å². The van der Waals surface area contributed by atoms with Crippen LogP contribution in [0.25, 0.3) is 5.69 Å². The monoisotopic (exact) mass is 765 g/mol. The maximum atomic E-state index is 14.7. The second kappa shape index (κ2) is 14.7. The van der Waals surface area contributed by atoms with Gasteiger partial charge in [0.2, 0.25) is 0 Å². The number of hydrogen-bond donors (Lipinski definition) is 1. The number of anilines is 1. The van der Waals surface area contributed by atoms with Gasteiger partial charge >= 0.3 is 12.3 Å². The Morgan fingerprint density at radius 2 is 1.60 bits per heavy atom. The summed E-state index contributed by atoms with van der Waals surface area (Å²) in [6.07, 6.45) is -5.28. The number of alkyl halides is 3. The third-order valence-corrected chi connectivity index (χ3v) is 15.1. The van der Waals surface area contributed by atoms with Crippen LogP contribution in [0, 0.1) is 0 Å². The van der Waals surface area contributed by atoms with E-state index < -0.39 is 49.4 Å². The first-order valence-electron chi connectivity index (χ1n) is 16.4. The van der Waals surface area contributed by atoms with Crippen LogP contribution in [-0.4, -0.2) is 44.1 Å². The second-order valence-electron chi connectivity index (χ2n) is 13.3. The molecule has 1 saturated heterocycles. The zero-order valence-electron chi connectivity index (χ0n) is 28.4. The zero-order valence-corrected chi connectivity index (χ0v) is 31.0. The first-order valence-corrected chi connectivity index (χ1v) is 19.5. The van der Waals surface area contributed by atoms with Crippen molar-refractivity contribution in [3.63, 3.8) is 0 Å². The van der Waals surface area contributed by atoms with Gasteiger partial charge in [-0.25, -0.2) is 4.79 Å². The average Bonchev–Trinajstić information content (AvgIpc) is 3.72. The van der Waals surface area contributed by atoms with E-state index in [1.54, 1.807) is 18.2 Å². The van der Waals surface area contributed by atoms with Crippen LogP contribution in [0.3, 0.4) is 0 Å². The highest BCUT2D eigenvalue weighted by molar-refractivity contribution is 7.18. The molecular formula is C38H35ClF3N3O5SSi. The van der Waals surface area contributed by atoms with Crippen molar-refractivity contribution >= 4 is 59.3 Å². The lowest BCUT2D eigenvalue weighted by molar-refractivity contribution is -0.137. The largest absolute Gasteiger partial charge is 0.442 e. The minimum atomic E-state index is -4.88. The number of benzene rings is 3. The number of aromatic nitrogens is 1. The third kappa shape index (κ3) is 7.44. The van der Waals surface area contributed by atoms with Gasteiger partial charge in [-0.3, -0.25) is 19.1 Å². The van der Waals surface area contributed by atoms with E-state index in [0.717, 1.165) is 43.3 Å². The molecule has 3 aromatic carbocycles. The van der Waals surface area contributed by atoms with E-state index in [2.05, 4.69) is 26.1 Å². The number of thiophene rings is 1. The smallest absolute Gasteiger partial charge is 0.418 e. The van der Waals surface area contributed by atoms with Gasteiger partial charge in [0.25, 0.3) is 19.8 Å². The fraction of sp³-hybridized carbons (Fsp3) is 0.237. The van der Waals surface area contributed by atoms with Crippen molar-refractivity contribution in [2.24, 2.45) is 0 Å². The highest BCUT2D eigenvalue weighted by atomic mass is 35.5. The number of carbonyl (C=O) groups is 2. The number of nitrogens with one attached hydrogen (secondary N) is 1. The van der Waals surface area contributed by atoms with Crippen molar-refractivity contribution in [2.45, 2.75) is 44.7 Å². The maximum Gasteiger partial charge on any atom is 0.418 e. The number of nitrogens with zero attached hydrogens (tertiary/aromatic N) is 2. The van der Waals surface area contributed by atoms with E-state index in [-0.39, 0.29) is 36.0 Å². The Balaban J connectivity index is 1.28. The molecule has 5 aromatic rings. The molecule has 1 N–H and O–H groups in total. The van der Waals surface area contributed by atoms with Gasteiger partial charge in [-0.05, 0) is 57.9 Å². The van der Waals surface area contributed by atoms with E-state index in [1.165, 1.54) is 18.3 Å².